The first-order chi connectivity index (χ1) is 19.5. The molecular formula is C35H41F3O2. The Morgan fingerprint density at radius 1 is 0.850 bits per heavy atom. The van der Waals surface area contributed by atoms with Crippen LogP contribution in [0.15, 0.2) is 67.3 Å². The van der Waals surface area contributed by atoms with Gasteiger partial charge >= 0.3 is 0 Å². The average Bonchev–Trinajstić information content (AvgIpc) is 2.98. The molecule has 2 nitrogen and oxygen atoms in total. The summed E-state index contributed by atoms with van der Waals surface area (Å²) in [5.74, 6) is -2.10. The van der Waals surface area contributed by atoms with Gasteiger partial charge in [-0.1, -0.05) is 81.5 Å². The number of benzene rings is 3. The van der Waals surface area contributed by atoms with Gasteiger partial charge in [0.15, 0.2) is 11.6 Å². The van der Waals surface area contributed by atoms with E-state index in [1.54, 1.807) is 36.4 Å². The van der Waals surface area contributed by atoms with Crippen LogP contribution in [0.4, 0.5) is 13.2 Å². The molecule has 1 saturated heterocycles. The Bertz CT molecular complexity index is 1230. The number of ether oxygens (including phenoxy) is 2. The van der Waals surface area contributed by atoms with Crippen LogP contribution in [0.25, 0.3) is 22.3 Å². The molecule has 3 aromatic rings. The Kier molecular flexibility index (Phi) is 11.3. The highest BCUT2D eigenvalue weighted by Crippen LogP contribution is 2.34. The lowest BCUT2D eigenvalue weighted by atomic mass is 9.89. The van der Waals surface area contributed by atoms with Gasteiger partial charge in [-0.25, -0.2) is 8.78 Å². The summed E-state index contributed by atoms with van der Waals surface area (Å²) in [5.41, 5.74) is 2.76. The minimum absolute atomic E-state index is 0.0655. The molecule has 0 saturated carbocycles. The van der Waals surface area contributed by atoms with Crippen LogP contribution >= 0.6 is 0 Å². The van der Waals surface area contributed by atoms with Gasteiger partial charge in [0.2, 0.25) is 5.82 Å². The minimum Gasteiger partial charge on any atom is -0.490 e. The fourth-order valence-corrected chi connectivity index (χ4v) is 5.38. The first-order valence-corrected chi connectivity index (χ1v) is 14.7. The second-order valence-electron chi connectivity index (χ2n) is 10.8. The molecule has 3 aromatic carbocycles. The molecule has 1 aliphatic heterocycles. The van der Waals surface area contributed by atoms with Crippen LogP contribution < -0.4 is 4.74 Å². The molecule has 2 unspecified atom stereocenters. The number of allylic oxidation sites excluding steroid dienone is 1. The molecule has 1 heterocycles. The zero-order valence-corrected chi connectivity index (χ0v) is 23.6. The smallest absolute Gasteiger partial charge is 0.201 e. The van der Waals surface area contributed by atoms with Gasteiger partial charge in [0, 0.05) is 17.0 Å². The van der Waals surface area contributed by atoms with Crippen molar-refractivity contribution < 1.29 is 22.6 Å². The van der Waals surface area contributed by atoms with Gasteiger partial charge in [-0.3, -0.25) is 0 Å². The molecule has 0 bridgehead atoms. The molecule has 0 aliphatic carbocycles. The van der Waals surface area contributed by atoms with Gasteiger partial charge in [-0.05, 0) is 67.0 Å². The highest BCUT2D eigenvalue weighted by Gasteiger charge is 2.23. The van der Waals surface area contributed by atoms with E-state index in [0.717, 1.165) is 50.5 Å². The summed E-state index contributed by atoms with van der Waals surface area (Å²) >= 11 is 0. The van der Waals surface area contributed by atoms with E-state index < -0.39 is 11.6 Å². The first kappa shape index (κ1) is 29.9. The first-order valence-electron chi connectivity index (χ1n) is 14.7. The lowest BCUT2D eigenvalue weighted by molar-refractivity contribution is -0.000212. The second kappa shape index (κ2) is 15.1. The van der Waals surface area contributed by atoms with E-state index >= 15 is 4.39 Å². The quantitative estimate of drug-likeness (QED) is 0.147. The van der Waals surface area contributed by atoms with E-state index in [0.29, 0.717) is 29.9 Å². The number of hydrogen-bond acceptors (Lipinski definition) is 2. The number of rotatable bonds is 14. The Labute approximate surface area is 237 Å². The van der Waals surface area contributed by atoms with Crippen molar-refractivity contribution in [3.8, 4) is 28.0 Å². The summed E-state index contributed by atoms with van der Waals surface area (Å²) < 4.78 is 56.3. The molecule has 40 heavy (non-hydrogen) atoms. The van der Waals surface area contributed by atoms with Crippen LogP contribution in [0.5, 0.6) is 5.75 Å². The highest BCUT2D eigenvalue weighted by atomic mass is 19.2. The molecule has 5 heteroatoms. The van der Waals surface area contributed by atoms with Gasteiger partial charge in [-0.15, -0.1) is 6.58 Å². The molecule has 0 amide bonds. The maximum absolute atomic E-state index is 15.1. The van der Waals surface area contributed by atoms with E-state index in [1.807, 2.05) is 12.1 Å². The predicted octanol–water partition coefficient (Wildman–Crippen LogP) is 10.4. The summed E-state index contributed by atoms with van der Waals surface area (Å²) in [7, 11) is 0. The zero-order chi connectivity index (χ0) is 28.3. The van der Waals surface area contributed by atoms with Crippen molar-refractivity contribution in [1.82, 2.24) is 0 Å². The predicted molar refractivity (Wildman–Crippen MR) is 157 cm³/mol. The number of hydrogen-bond donors (Lipinski definition) is 0. The maximum atomic E-state index is 15.1. The SMILES string of the molecule is C=CCCC1CCC(c2ccc(-c3ccc(-c4ccc(OCCCCCCCC)c(F)c4F)cc3)c(F)c2)CO1. The largest absolute Gasteiger partial charge is 0.490 e. The van der Waals surface area contributed by atoms with Crippen molar-refractivity contribution in [2.45, 2.75) is 83.2 Å². The molecular weight excluding hydrogens is 509 g/mol. The van der Waals surface area contributed by atoms with Gasteiger partial charge in [-0.2, -0.15) is 4.39 Å². The Hall–Kier alpha value is -3.05. The van der Waals surface area contributed by atoms with Crippen LogP contribution in [0.2, 0.25) is 0 Å². The molecule has 214 valence electrons. The van der Waals surface area contributed by atoms with Crippen LogP contribution in [0.1, 0.15) is 82.6 Å². The van der Waals surface area contributed by atoms with E-state index in [4.69, 9.17) is 9.47 Å². The van der Waals surface area contributed by atoms with E-state index in [2.05, 4.69) is 13.5 Å². The summed E-state index contributed by atoms with van der Waals surface area (Å²) in [6.45, 7) is 6.90. The van der Waals surface area contributed by atoms with Gasteiger partial charge in [0.25, 0.3) is 0 Å². The molecule has 1 fully saturated rings. The van der Waals surface area contributed by atoms with Crippen LogP contribution in [0.3, 0.4) is 0 Å². The van der Waals surface area contributed by atoms with Gasteiger partial charge in [0.05, 0.1) is 19.3 Å². The Morgan fingerprint density at radius 2 is 1.55 bits per heavy atom. The van der Waals surface area contributed by atoms with Crippen molar-refractivity contribution >= 4 is 0 Å². The van der Waals surface area contributed by atoms with Crippen LogP contribution in [0, 0.1) is 17.5 Å². The summed E-state index contributed by atoms with van der Waals surface area (Å²) in [6, 6.07) is 15.2. The van der Waals surface area contributed by atoms with E-state index in [9.17, 15) is 8.78 Å². The van der Waals surface area contributed by atoms with Crippen molar-refractivity contribution in [2.24, 2.45) is 0 Å². The molecule has 2 atom stereocenters. The second-order valence-corrected chi connectivity index (χ2v) is 10.8. The fraction of sp³-hybridized carbons (Fsp3) is 0.429. The highest BCUT2D eigenvalue weighted by molar-refractivity contribution is 5.71. The monoisotopic (exact) mass is 550 g/mol. The number of halogens is 3. The Balaban J connectivity index is 1.37. The molecule has 1 aliphatic rings. The Morgan fingerprint density at radius 3 is 2.23 bits per heavy atom. The normalized spacial score (nSPS) is 17.1. The van der Waals surface area contributed by atoms with E-state index in [-0.39, 0.29) is 29.2 Å². The van der Waals surface area contributed by atoms with Crippen molar-refractivity contribution in [3.05, 3.63) is 90.3 Å². The molecule has 0 spiro atoms. The molecule has 4 rings (SSSR count). The minimum atomic E-state index is -0.979. The summed E-state index contributed by atoms with van der Waals surface area (Å²) in [4.78, 5) is 0. The summed E-state index contributed by atoms with van der Waals surface area (Å²) in [5, 5.41) is 0. The average molecular weight is 551 g/mol. The third-order valence-electron chi connectivity index (χ3n) is 7.84. The van der Waals surface area contributed by atoms with Crippen LogP contribution in [-0.4, -0.2) is 19.3 Å². The third kappa shape index (κ3) is 7.78. The van der Waals surface area contributed by atoms with E-state index in [1.165, 1.54) is 31.4 Å². The topological polar surface area (TPSA) is 18.5 Å². The summed E-state index contributed by atoms with van der Waals surface area (Å²) in [6.07, 6.45) is 12.6. The van der Waals surface area contributed by atoms with Crippen molar-refractivity contribution in [1.29, 1.82) is 0 Å². The standard InChI is InChI=1S/C35H41F3O2/c1-3-5-7-8-9-10-22-39-33-21-20-31(34(37)35(33)38)26-14-12-25(13-15-26)30-19-17-27(23-32(30)36)28-16-18-29(40-24-28)11-6-4-2/h4,12-15,17,19-21,23,28-29H,2-3,5-11,16,18,22,24H2,1H3. The fourth-order valence-electron chi connectivity index (χ4n) is 5.38. The third-order valence-corrected chi connectivity index (χ3v) is 7.84. The van der Waals surface area contributed by atoms with Crippen molar-refractivity contribution in [2.75, 3.05) is 13.2 Å². The van der Waals surface area contributed by atoms with Crippen LogP contribution in [-0.2, 0) is 4.74 Å². The van der Waals surface area contributed by atoms with Crippen molar-refractivity contribution in [3.63, 3.8) is 0 Å². The molecule has 0 aromatic heterocycles. The molecule has 0 N–H and O–H groups in total. The van der Waals surface area contributed by atoms with Gasteiger partial charge in [0.1, 0.15) is 5.82 Å². The zero-order valence-electron chi connectivity index (χ0n) is 23.6. The number of unbranched alkanes of at least 4 members (excludes halogenated alkanes) is 5. The lowest BCUT2D eigenvalue weighted by Crippen LogP contribution is -2.24. The lowest BCUT2D eigenvalue weighted by Gasteiger charge is -2.29. The molecule has 0 radical (unpaired) electrons. The van der Waals surface area contributed by atoms with Gasteiger partial charge < -0.3 is 9.47 Å². The maximum Gasteiger partial charge on any atom is 0.201 e.